The number of aldehydes is 1. The lowest BCUT2D eigenvalue weighted by atomic mass is 9.84. The summed E-state index contributed by atoms with van der Waals surface area (Å²) in [5.74, 6) is 0.914. The highest BCUT2D eigenvalue weighted by atomic mass is 32.2. The van der Waals surface area contributed by atoms with Crippen molar-refractivity contribution in [1.82, 2.24) is 4.90 Å². The smallest absolute Gasteiger partial charge is 0.283 e. The van der Waals surface area contributed by atoms with Gasteiger partial charge in [-0.3, -0.25) is 4.79 Å². The first-order chi connectivity index (χ1) is 9.33. The van der Waals surface area contributed by atoms with Gasteiger partial charge in [0.1, 0.15) is 6.29 Å². The molecule has 0 saturated heterocycles. The Labute approximate surface area is 126 Å². The summed E-state index contributed by atoms with van der Waals surface area (Å²) in [5, 5.41) is 0.0369. The molecule has 2 aliphatic rings. The van der Waals surface area contributed by atoms with E-state index in [1.165, 1.54) is 11.8 Å². The van der Waals surface area contributed by atoms with Gasteiger partial charge in [0.15, 0.2) is 0 Å². The van der Waals surface area contributed by atoms with E-state index in [0.29, 0.717) is 5.92 Å². The summed E-state index contributed by atoms with van der Waals surface area (Å²) in [5.41, 5.74) is 0. The molecule has 0 heterocycles. The fourth-order valence-corrected chi connectivity index (χ4v) is 5.28. The van der Waals surface area contributed by atoms with E-state index in [1.54, 1.807) is 0 Å². The number of rotatable bonds is 4. The number of hydrogen-bond donors (Lipinski definition) is 0. The summed E-state index contributed by atoms with van der Waals surface area (Å²) in [7, 11) is 0. The molecule has 0 aliphatic heterocycles. The van der Waals surface area contributed by atoms with Gasteiger partial charge >= 0.3 is 0 Å². The van der Waals surface area contributed by atoms with Gasteiger partial charge in [-0.1, -0.05) is 19.1 Å². The summed E-state index contributed by atoms with van der Waals surface area (Å²) in [6.45, 7) is 10.2. The van der Waals surface area contributed by atoms with Crippen LogP contribution in [0.25, 0.3) is 0 Å². The molecule has 20 heavy (non-hydrogen) atoms. The highest BCUT2D eigenvalue weighted by Crippen LogP contribution is 2.56. The van der Waals surface area contributed by atoms with Gasteiger partial charge < -0.3 is 9.69 Å². The Balaban J connectivity index is 2.21. The first-order valence-electron chi connectivity index (χ1n) is 7.49. The van der Waals surface area contributed by atoms with E-state index in [-0.39, 0.29) is 29.2 Å². The van der Waals surface area contributed by atoms with Gasteiger partial charge in [0, 0.05) is 12.1 Å². The lowest BCUT2D eigenvalue weighted by Gasteiger charge is -2.38. The van der Waals surface area contributed by atoms with Gasteiger partial charge in [-0.05, 0) is 63.6 Å². The second-order valence-corrected chi connectivity index (χ2v) is 7.87. The predicted octanol–water partition coefficient (Wildman–Crippen LogP) is 3.74. The van der Waals surface area contributed by atoms with Crippen molar-refractivity contribution in [2.24, 2.45) is 17.8 Å². The Morgan fingerprint density at radius 1 is 1.30 bits per heavy atom. The van der Waals surface area contributed by atoms with E-state index in [0.717, 1.165) is 12.7 Å². The minimum Gasteiger partial charge on any atom is -0.329 e. The number of nitrogens with zero attached hydrogens (tertiary/aromatic N) is 1. The van der Waals surface area contributed by atoms with Gasteiger partial charge in [0.25, 0.3) is 5.24 Å². The zero-order chi connectivity index (χ0) is 15.1. The first-order valence-corrected chi connectivity index (χ1v) is 8.31. The molecule has 4 atom stereocenters. The molecule has 1 amide bonds. The number of allylic oxidation sites excluding steroid dienone is 2. The van der Waals surface area contributed by atoms with Crippen LogP contribution in [0.3, 0.4) is 0 Å². The van der Waals surface area contributed by atoms with E-state index >= 15 is 0 Å². The Morgan fingerprint density at radius 2 is 1.90 bits per heavy atom. The second-order valence-electron chi connectivity index (χ2n) is 6.61. The summed E-state index contributed by atoms with van der Waals surface area (Å²) in [6.07, 6.45) is 6.40. The van der Waals surface area contributed by atoms with Crippen LogP contribution in [0.5, 0.6) is 0 Å². The summed E-state index contributed by atoms with van der Waals surface area (Å²) in [4.78, 5) is 26.3. The first kappa shape index (κ1) is 15.6. The molecular formula is C16H25NO2S. The molecule has 2 aliphatic carbocycles. The van der Waals surface area contributed by atoms with Crippen molar-refractivity contribution in [3.05, 3.63) is 12.2 Å². The Bertz CT molecular complexity index is 424. The van der Waals surface area contributed by atoms with Crippen LogP contribution in [-0.4, -0.2) is 33.3 Å². The highest BCUT2D eigenvalue weighted by molar-refractivity contribution is 8.15. The van der Waals surface area contributed by atoms with Crippen LogP contribution in [0.2, 0.25) is 0 Å². The maximum absolute atomic E-state index is 12.7. The van der Waals surface area contributed by atoms with E-state index in [2.05, 4.69) is 19.1 Å². The Kier molecular flexibility index (Phi) is 4.33. The molecule has 0 unspecified atom stereocenters. The van der Waals surface area contributed by atoms with Crippen LogP contribution in [0.4, 0.5) is 4.79 Å². The summed E-state index contributed by atoms with van der Waals surface area (Å²) in [6, 6.07) is 0.311. The minimum atomic E-state index is -0.557. The number of hydrogen-bond acceptors (Lipinski definition) is 3. The average Bonchev–Trinajstić information content (AvgIpc) is 2.91. The average molecular weight is 295 g/mol. The Morgan fingerprint density at radius 3 is 2.30 bits per heavy atom. The van der Waals surface area contributed by atoms with Gasteiger partial charge in [-0.15, -0.1) is 0 Å². The molecule has 0 spiro atoms. The maximum atomic E-state index is 12.7. The quantitative estimate of drug-likeness (QED) is 0.585. The molecule has 112 valence electrons. The van der Waals surface area contributed by atoms with Crippen LogP contribution in [0, 0.1) is 17.8 Å². The number of fused-ring (bicyclic) bond motifs is 2. The third-order valence-corrected chi connectivity index (χ3v) is 6.33. The lowest BCUT2D eigenvalue weighted by molar-refractivity contribution is -0.111. The summed E-state index contributed by atoms with van der Waals surface area (Å²) < 4.78 is -0.557. The molecule has 2 rings (SSSR count). The van der Waals surface area contributed by atoms with Crippen LogP contribution in [0.1, 0.15) is 41.0 Å². The molecule has 3 nitrogen and oxygen atoms in total. The SMILES string of the molecule is CC(C)N(C(=O)S[C@]1(C=O)[C@@H]2C=C[C@@H](C2)[C@@H]1C)C(C)C. The molecule has 1 saturated carbocycles. The topological polar surface area (TPSA) is 37.4 Å². The van der Waals surface area contributed by atoms with Gasteiger partial charge in [-0.25, -0.2) is 0 Å². The third kappa shape index (κ3) is 2.32. The molecule has 0 N–H and O–H groups in total. The van der Waals surface area contributed by atoms with E-state index in [9.17, 15) is 9.59 Å². The fourth-order valence-electron chi connectivity index (χ4n) is 3.71. The number of thioether (sulfide) groups is 1. The largest absolute Gasteiger partial charge is 0.329 e. The standard InChI is InChI=1S/C16H25NO2S/c1-10(2)17(11(3)4)15(19)20-16(9-18)12(5)13-6-7-14(16)8-13/h6-7,9-14H,8H2,1-5H3/t12-,13-,14+,16-/m0/s1. The van der Waals surface area contributed by atoms with E-state index in [1.807, 2.05) is 32.6 Å². The molecule has 0 aromatic carbocycles. The normalized spacial score (nSPS) is 35.0. The molecule has 4 heteroatoms. The van der Waals surface area contributed by atoms with Crippen LogP contribution in [-0.2, 0) is 4.79 Å². The van der Waals surface area contributed by atoms with Crippen molar-refractivity contribution in [2.45, 2.75) is 57.9 Å². The lowest BCUT2D eigenvalue weighted by Crippen LogP contribution is -2.46. The summed E-state index contributed by atoms with van der Waals surface area (Å²) >= 11 is 1.26. The van der Waals surface area contributed by atoms with Gasteiger partial charge in [0.05, 0.1) is 4.75 Å². The predicted molar refractivity (Wildman–Crippen MR) is 83.8 cm³/mol. The number of carbonyl (C=O) groups excluding carboxylic acids is 2. The van der Waals surface area contributed by atoms with E-state index in [4.69, 9.17) is 0 Å². The fraction of sp³-hybridized carbons (Fsp3) is 0.750. The molecule has 0 aromatic rings. The van der Waals surface area contributed by atoms with Crippen molar-refractivity contribution >= 4 is 23.3 Å². The maximum Gasteiger partial charge on any atom is 0.283 e. The second kappa shape index (κ2) is 5.55. The minimum absolute atomic E-state index is 0.0369. The molecule has 1 fully saturated rings. The Hall–Kier alpha value is -0.770. The van der Waals surface area contributed by atoms with Crippen molar-refractivity contribution in [1.29, 1.82) is 0 Å². The third-order valence-electron chi connectivity index (χ3n) is 4.82. The zero-order valence-corrected chi connectivity index (χ0v) is 13.8. The van der Waals surface area contributed by atoms with Crippen molar-refractivity contribution < 1.29 is 9.59 Å². The number of carbonyl (C=O) groups is 2. The molecule has 0 aromatic heterocycles. The van der Waals surface area contributed by atoms with Crippen LogP contribution < -0.4 is 0 Å². The number of amides is 1. The zero-order valence-electron chi connectivity index (χ0n) is 13.0. The van der Waals surface area contributed by atoms with Crippen LogP contribution in [0.15, 0.2) is 12.2 Å². The molecular weight excluding hydrogens is 270 g/mol. The van der Waals surface area contributed by atoms with Gasteiger partial charge in [0.2, 0.25) is 0 Å². The highest BCUT2D eigenvalue weighted by Gasteiger charge is 2.56. The van der Waals surface area contributed by atoms with Crippen molar-refractivity contribution in [3.63, 3.8) is 0 Å². The molecule has 0 radical (unpaired) electrons. The van der Waals surface area contributed by atoms with Crippen molar-refractivity contribution in [3.8, 4) is 0 Å². The van der Waals surface area contributed by atoms with Gasteiger partial charge in [-0.2, -0.15) is 0 Å². The van der Waals surface area contributed by atoms with E-state index < -0.39 is 4.75 Å². The van der Waals surface area contributed by atoms with Crippen molar-refractivity contribution in [2.75, 3.05) is 0 Å². The van der Waals surface area contributed by atoms with Crippen LogP contribution >= 0.6 is 11.8 Å². The molecule has 2 bridgehead atoms. The monoisotopic (exact) mass is 295 g/mol.